The maximum absolute atomic E-state index is 6.10. The predicted molar refractivity (Wildman–Crippen MR) is 77.7 cm³/mol. The van der Waals surface area contributed by atoms with Gasteiger partial charge in [0.1, 0.15) is 0 Å². The summed E-state index contributed by atoms with van der Waals surface area (Å²) in [5.74, 6) is 0. The van der Waals surface area contributed by atoms with Crippen molar-refractivity contribution in [1.29, 1.82) is 0 Å². The first kappa shape index (κ1) is 12.5. The summed E-state index contributed by atoms with van der Waals surface area (Å²) in [7, 11) is 0. The maximum atomic E-state index is 6.10. The number of benzene rings is 2. The van der Waals surface area contributed by atoms with E-state index in [2.05, 4.69) is 46.4 Å². The minimum absolute atomic E-state index is 0.732. The van der Waals surface area contributed by atoms with Crippen molar-refractivity contribution in [3.8, 4) is 0 Å². The molecule has 0 aliphatic rings. The second kappa shape index (κ2) is 5.56. The Balaban J connectivity index is 2.10. The van der Waals surface area contributed by atoms with Gasteiger partial charge in [0.25, 0.3) is 0 Å². The maximum Gasteiger partial charge on any atom is 0.0455 e. The monoisotopic (exact) mass is 309 g/mol. The van der Waals surface area contributed by atoms with E-state index in [-0.39, 0.29) is 0 Å². The lowest BCUT2D eigenvalue weighted by atomic mass is 10.2. The fraction of sp³-hybridized carbons (Fsp3) is 0.143. The van der Waals surface area contributed by atoms with Crippen molar-refractivity contribution in [1.82, 2.24) is 0 Å². The molecule has 0 fully saturated rings. The van der Waals surface area contributed by atoms with E-state index in [9.17, 15) is 0 Å². The summed E-state index contributed by atoms with van der Waals surface area (Å²) in [6, 6.07) is 14.1. The molecular weight excluding hydrogens is 298 g/mol. The van der Waals surface area contributed by atoms with Crippen molar-refractivity contribution < 1.29 is 0 Å². The predicted octanol–water partition coefficient (Wildman–Crippen LogP) is 5.02. The number of anilines is 1. The van der Waals surface area contributed by atoms with Gasteiger partial charge in [-0.25, -0.2) is 0 Å². The van der Waals surface area contributed by atoms with E-state index in [1.807, 2.05) is 24.3 Å². The molecule has 0 saturated carbocycles. The summed E-state index contributed by atoms with van der Waals surface area (Å²) in [5.41, 5.74) is 3.42. The summed E-state index contributed by atoms with van der Waals surface area (Å²) < 4.78 is 1.08. The van der Waals surface area contributed by atoms with Gasteiger partial charge in [0.15, 0.2) is 0 Å². The first-order valence-electron chi connectivity index (χ1n) is 5.39. The third-order valence-corrected chi connectivity index (χ3v) is 3.31. The second-order valence-corrected chi connectivity index (χ2v) is 5.29. The molecule has 0 bridgehead atoms. The van der Waals surface area contributed by atoms with E-state index in [0.29, 0.717) is 0 Å². The van der Waals surface area contributed by atoms with Crippen LogP contribution in [-0.4, -0.2) is 0 Å². The lowest BCUT2D eigenvalue weighted by Crippen LogP contribution is -2.00. The number of aryl methyl sites for hydroxylation is 1. The van der Waals surface area contributed by atoms with Gasteiger partial charge >= 0.3 is 0 Å². The van der Waals surface area contributed by atoms with Crippen LogP contribution in [0.2, 0.25) is 5.02 Å². The van der Waals surface area contributed by atoms with Gasteiger partial charge in [-0.1, -0.05) is 45.7 Å². The third-order valence-electron chi connectivity index (χ3n) is 2.48. The van der Waals surface area contributed by atoms with Crippen LogP contribution in [0.1, 0.15) is 11.1 Å². The van der Waals surface area contributed by atoms with Crippen molar-refractivity contribution in [3.05, 3.63) is 63.1 Å². The van der Waals surface area contributed by atoms with Crippen LogP contribution in [0, 0.1) is 6.92 Å². The SMILES string of the molecule is Cc1cc(Br)cc(NCc2ccccc2Cl)c1. The molecule has 0 unspecified atom stereocenters. The Labute approximate surface area is 115 Å². The molecule has 0 aromatic heterocycles. The highest BCUT2D eigenvalue weighted by molar-refractivity contribution is 9.10. The Morgan fingerprint density at radius 3 is 2.65 bits per heavy atom. The van der Waals surface area contributed by atoms with Crippen molar-refractivity contribution in [2.45, 2.75) is 13.5 Å². The molecule has 0 heterocycles. The zero-order valence-electron chi connectivity index (χ0n) is 9.50. The largest absolute Gasteiger partial charge is 0.381 e. The van der Waals surface area contributed by atoms with E-state index >= 15 is 0 Å². The summed E-state index contributed by atoms with van der Waals surface area (Å²) in [4.78, 5) is 0. The second-order valence-electron chi connectivity index (χ2n) is 3.96. The molecule has 2 aromatic rings. The highest BCUT2D eigenvalue weighted by atomic mass is 79.9. The van der Waals surface area contributed by atoms with Crippen molar-refractivity contribution in [2.24, 2.45) is 0 Å². The highest BCUT2D eigenvalue weighted by Gasteiger charge is 2.00. The average molecular weight is 311 g/mol. The summed E-state index contributed by atoms with van der Waals surface area (Å²) in [6.45, 7) is 2.81. The Morgan fingerprint density at radius 2 is 1.94 bits per heavy atom. The molecule has 0 aliphatic carbocycles. The normalized spacial score (nSPS) is 10.3. The highest BCUT2D eigenvalue weighted by Crippen LogP contribution is 2.21. The number of hydrogen-bond donors (Lipinski definition) is 1. The van der Waals surface area contributed by atoms with Crippen molar-refractivity contribution in [3.63, 3.8) is 0 Å². The quantitative estimate of drug-likeness (QED) is 0.839. The fourth-order valence-corrected chi connectivity index (χ4v) is 2.49. The van der Waals surface area contributed by atoms with E-state index in [0.717, 1.165) is 27.3 Å². The first-order valence-corrected chi connectivity index (χ1v) is 6.57. The van der Waals surface area contributed by atoms with Gasteiger partial charge in [-0.2, -0.15) is 0 Å². The lowest BCUT2D eigenvalue weighted by Gasteiger charge is -2.09. The molecule has 1 nitrogen and oxygen atoms in total. The molecule has 0 aliphatic heterocycles. The van der Waals surface area contributed by atoms with Crippen LogP contribution in [0.5, 0.6) is 0 Å². The number of halogens is 2. The topological polar surface area (TPSA) is 12.0 Å². The molecule has 0 atom stereocenters. The minimum atomic E-state index is 0.732. The van der Waals surface area contributed by atoms with Gasteiger partial charge in [0.2, 0.25) is 0 Å². The van der Waals surface area contributed by atoms with E-state index < -0.39 is 0 Å². The van der Waals surface area contributed by atoms with E-state index in [4.69, 9.17) is 11.6 Å². The number of hydrogen-bond acceptors (Lipinski definition) is 1. The van der Waals surface area contributed by atoms with Crippen LogP contribution in [0.15, 0.2) is 46.9 Å². The minimum Gasteiger partial charge on any atom is -0.381 e. The van der Waals surface area contributed by atoms with Crippen molar-refractivity contribution >= 4 is 33.2 Å². The molecule has 0 radical (unpaired) electrons. The Morgan fingerprint density at radius 1 is 1.18 bits per heavy atom. The molecule has 2 aromatic carbocycles. The zero-order valence-corrected chi connectivity index (χ0v) is 11.8. The molecule has 88 valence electrons. The van der Waals surface area contributed by atoms with E-state index in [1.54, 1.807) is 0 Å². The summed E-state index contributed by atoms with van der Waals surface area (Å²) >= 11 is 9.59. The Kier molecular flexibility index (Phi) is 4.08. The Bertz CT molecular complexity index is 505. The fourth-order valence-electron chi connectivity index (χ4n) is 1.68. The Hall–Kier alpha value is -0.990. The standard InChI is InChI=1S/C14H13BrClN/c1-10-6-12(15)8-13(7-10)17-9-11-4-2-3-5-14(11)16/h2-8,17H,9H2,1H3. The van der Waals surface area contributed by atoms with Gasteiger partial charge in [-0.15, -0.1) is 0 Å². The molecule has 0 saturated heterocycles. The number of nitrogens with one attached hydrogen (secondary N) is 1. The molecular formula is C14H13BrClN. The molecule has 0 spiro atoms. The van der Waals surface area contributed by atoms with E-state index in [1.165, 1.54) is 5.56 Å². The molecule has 0 amide bonds. The van der Waals surface area contributed by atoms with Crippen LogP contribution in [0.3, 0.4) is 0 Å². The van der Waals surface area contributed by atoms with Gasteiger partial charge in [0.05, 0.1) is 0 Å². The smallest absolute Gasteiger partial charge is 0.0455 e. The third kappa shape index (κ3) is 3.48. The average Bonchev–Trinajstić information content (AvgIpc) is 2.27. The van der Waals surface area contributed by atoms with Gasteiger partial charge < -0.3 is 5.32 Å². The number of rotatable bonds is 3. The molecule has 3 heteroatoms. The van der Waals surface area contributed by atoms with Crippen LogP contribution in [0.25, 0.3) is 0 Å². The molecule has 17 heavy (non-hydrogen) atoms. The van der Waals surface area contributed by atoms with Crippen LogP contribution in [0.4, 0.5) is 5.69 Å². The first-order chi connectivity index (χ1) is 8.15. The van der Waals surface area contributed by atoms with Gasteiger partial charge in [-0.05, 0) is 42.3 Å². The van der Waals surface area contributed by atoms with Crippen LogP contribution >= 0.6 is 27.5 Å². The van der Waals surface area contributed by atoms with Gasteiger partial charge in [-0.3, -0.25) is 0 Å². The molecule has 2 rings (SSSR count). The van der Waals surface area contributed by atoms with Gasteiger partial charge in [0, 0.05) is 21.7 Å². The summed E-state index contributed by atoms with van der Waals surface area (Å²) in [6.07, 6.45) is 0. The lowest BCUT2D eigenvalue weighted by molar-refractivity contribution is 1.15. The van der Waals surface area contributed by atoms with Crippen LogP contribution in [-0.2, 0) is 6.54 Å². The van der Waals surface area contributed by atoms with Crippen LogP contribution < -0.4 is 5.32 Å². The summed E-state index contributed by atoms with van der Waals surface area (Å²) in [5, 5.41) is 4.17. The molecule has 1 N–H and O–H groups in total. The zero-order chi connectivity index (χ0) is 12.3. The van der Waals surface area contributed by atoms with Crippen molar-refractivity contribution in [2.75, 3.05) is 5.32 Å².